The lowest BCUT2D eigenvalue weighted by molar-refractivity contribution is -0.138. The number of carboxylic acids is 1. The Labute approximate surface area is 124 Å². The fourth-order valence-corrected chi connectivity index (χ4v) is 3.08. The Morgan fingerprint density at radius 1 is 1.29 bits per heavy atom. The van der Waals surface area contributed by atoms with Crippen LogP contribution in [0.2, 0.25) is 0 Å². The molecule has 21 heavy (non-hydrogen) atoms. The van der Waals surface area contributed by atoms with E-state index in [1.54, 1.807) is 0 Å². The summed E-state index contributed by atoms with van der Waals surface area (Å²) in [5.41, 5.74) is 10.2. The van der Waals surface area contributed by atoms with Crippen molar-refractivity contribution in [2.24, 2.45) is 12.8 Å². The molecule has 0 radical (unpaired) electrons. The first-order valence-corrected chi connectivity index (χ1v) is 7.21. The number of nitrogens with zero attached hydrogens (tertiary/aromatic N) is 2. The predicted octanol–water partition coefficient (Wildman–Crippen LogP) is 1.99. The number of carboxylic acid groups (broad SMARTS) is 1. The van der Waals surface area contributed by atoms with Crippen LogP contribution in [-0.2, 0) is 24.9 Å². The topological polar surface area (TPSA) is 71.5 Å². The van der Waals surface area contributed by atoms with Crippen molar-refractivity contribution in [3.05, 3.63) is 35.0 Å². The normalized spacial score (nSPS) is 16.6. The zero-order valence-electron chi connectivity index (χ0n) is 12.6. The van der Waals surface area contributed by atoms with Crippen molar-refractivity contribution in [2.45, 2.75) is 39.0 Å². The van der Waals surface area contributed by atoms with E-state index in [2.05, 4.69) is 30.9 Å². The van der Waals surface area contributed by atoms with E-state index in [9.17, 15) is 4.79 Å². The van der Waals surface area contributed by atoms with Crippen LogP contribution < -0.4 is 5.73 Å². The van der Waals surface area contributed by atoms with E-state index in [4.69, 9.17) is 10.8 Å². The minimum Gasteiger partial charge on any atom is -0.480 e. The van der Waals surface area contributed by atoms with Crippen LogP contribution in [0, 0.1) is 0 Å². The number of carbonyl (C=O) groups is 1. The molecule has 0 saturated heterocycles. The van der Waals surface area contributed by atoms with Gasteiger partial charge in [-0.15, -0.1) is 0 Å². The van der Waals surface area contributed by atoms with Crippen LogP contribution in [0.1, 0.15) is 36.6 Å². The summed E-state index contributed by atoms with van der Waals surface area (Å²) in [6, 6.07) is 3.81. The highest BCUT2D eigenvalue weighted by atomic mass is 16.4. The number of benzene rings is 1. The molecule has 1 unspecified atom stereocenters. The third-order valence-electron chi connectivity index (χ3n) is 4.42. The number of aryl methyl sites for hydroxylation is 1. The van der Waals surface area contributed by atoms with Gasteiger partial charge in [-0.2, -0.15) is 0 Å². The Kier molecular flexibility index (Phi) is 3.26. The molecular formula is C16H21N3O2. The molecule has 0 amide bonds. The molecule has 3 N–H and O–H groups in total. The Morgan fingerprint density at radius 3 is 2.48 bits per heavy atom. The van der Waals surface area contributed by atoms with Gasteiger partial charge < -0.3 is 15.4 Å². The van der Waals surface area contributed by atoms with Gasteiger partial charge in [-0.25, -0.2) is 0 Å². The van der Waals surface area contributed by atoms with Crippen molar-refractivity contribution in [2.75, 3.05) is 0 Å². The van der Waals surface area contributed by atoms with Gasteiger partial charge >= 0.3 is 5.97 Å². The molecule has 1 atom stereocenters. The van der Waals surface area contributed by atoms with Crippen LogP contribution in [0.15, 0.2) is 18.3 Å². The van der Waals surface area contributed by atoms with E-state index in [-0.39, 0.29) is 0 Å². The van der Waals surface area contributed by atoms with Crippen LogP contribution in [0.5, 0.6) is 0 Å². The van der Waals surface area contributed by atoms with Crippen molar-refractivity contribution in [3.8, 4) is 0 Å². The Balaban J connectivity index is 2.12. The van der Waals surface area contributed by atoms with Gasteiger partial charge in [0.25, 0.3) is 0 Å². The molecule has 0 saturated carbocycles. The quantitative estimate of drug-likeness (QED) is 0.905. The van der Waals surface area contributed by atoms with Crippen molar-refractivity contribution in [3.63, 3.8) is 0 Å². The number of rotatable bonds is 3. The summed E-state index contributed by atoms with van der Waals surface area (Å²) in [5, 5.41) is 10.1. The van der Waals surface area contributed by atoms with Gasteiger partial charge in [-0.05, 0) is 37.1 Å². The highest BCUT2D eigenvalue weighted by Gasteiger charge is 2.25. The highest BCUT2D eigenvalue weighted by Crippen LogP contribution is 2.33. The molecule has 1 aliphatic rings. The maximum absolute atomic E-state index is 11.2. The molecule has 112 valence electrons. The van der Waals surface area contributed by atoms with Crippen molar-refractivity contribution in [1.29, 1.82) is 0 Å². The van der Waals surface area contributed by atoms with Gasteiger partial charge in [0.15, 0.2) is 0 Å². The van der Waals surface area contributed by atoms with Crippen LogP contribution in [0.4, 0.5) is 0 Å². The van der Waals surface area contributed by atoms with Crippen molar-refractivity contribution < 1.29 is 9.90 Å². The first-order valence-electron chi connectivity index (χ1n) is 7.21. The minimum absolute atomic E-state index is 0.501. The summed E-state index contributed by atoms with van der Waals surface area (Å²) >= 11 is 0. The molecular weight excluding hydrogens is 266 g/mol. The van der Waals surface area contributed by atoms with E-state index < -0.39 is 12.0 Å². The summed E-state index contributed by atoms with van der Waals surface area (Å²) in [4.78, 5) is 13.6. The molecule has 2 heterocycles. The standard InChI is InChI=1S/C16H21N3O2/c1-9(2)19-6-10-4-12-13(15(17)16(20)21)8-18(3)14(12)5-11(10)7-19/h4-5,8-9,15H,6-7,17H2,1-3H3,(H,20,21). The van der Waals surface area contributed by atoms with Gasteiger partial charge in [-0.1, -0.05) is 0 Å². The number of fused-ring (bicyclic) bond motifs is 2. The minimum atomic E-state index is -0.994. The highest BCUT2D eigenvalue weighted by molar-refractivity contribution is 5.90. The van der Waals surface area contributed by atoms with E-state index in [0.29, 0.717) is 11.6 Å². The van der Waals surface area contributed by atoms with Crippen LogP contribution in [-0.4, -0.2) is 26.6 Å². The molecule has 0 aliphatic carbocycles. The average Bonchev–Trinajstić information content (AvgIpc) is 2.97. The van der Waals surface area contributed by atoms with Gasteiger partial charge in [-0.3, -0.25) is 9.69 Å². The molecule has 5 nitrogen and oxygen atoms in total. The summed E-state index contributed by atoms with van der Waals surface area (Å²) in [5.74, 6) is -0.994. The number of nitrogens with two attached hydrogens (primary N) is 1. The zero-order chi connectivity index (χ0) is 15.3. The lowest BCUT2D eigenvalue weighted by Gasteiger charge is -2.18. The first kappa shape index (κ1) is 14.1. The van der Waals surface area contributed by atoms with Gasteiger partial charge in [0, 0.05) is 48.8 Å². The number of hydrogen-bond acceptors (Lipinski definition) is 3. The van der Waals surface area contributed by atoms with Gasteiger partial charge in [0.05, 0.1) is 0 Å². The maximum atomic E-state index is 11.2. The smallest absolute Gasteiger partial charge is 0.325 e. The number of aliphatic carboxylic acids is 1. The zero-order valence-corrected chi connectivity index (χ0v) is 12.6. The fraction of sp³-hybridized carbons (Fsp3) is 0.438. The molecule has 1 aromatic carbocycles. The second kappa shape index (κ2) is 4.86. The van der Waals surface area contributed by atoms with E-state index in [1.807, 2.05) is 17.8 Å². The number of aromatic nitrogens is 1. The second-order valence-corrected chi connectivity index (χ2v) is 6.15. The maximum Gasteiger partial charge on any atom is 0.325 e. The van der Waals surface area contributed by atoms with Crippen LogP contribution in [0.25, 0.3) is 10.9 Å². The van der Waals surface area contributed by atoms with Gasteiger partial charge in [0.1, 0.15) is 6.04 Å². The van der Waals surface area contributed by atoms with Gasteiger partial charge in [0.2, 0.25) is 0 Å². The Bertz CT molecular complexity index is 718. The molecule has 0 fully saturated rings. The number of hydrogen-bond donors (Lipinski definition) is 2. The molecule has 3 rings (SSSR count). The average molecular weight is 287 g/mol. The molecule has 5 heteroatoms. The third-order valence-corrected chi connectivity index (χ3v) is 4.42. The van der Waals surface area contributed by atoms with E-state index >= 15 is 0 Å². The summed E-state index contributed by atoms with van der Waals surface area (Å²) in [6.07, 6.45) is 1.83. The third kappa shape index (κ3) is 2.22. The fourth-order valence-electron chi connectivity index (χ4n) is 3.08. The van der Waals surface area contributed by atoms with Crippen molar-refractivity contribution >= 4 is 16.9 Å². The van der Waals surface area contributed by atoms with E-state index in [0.717, 1.165) is 24.0 Å². The Hall–Kier alpha value is -1.85. The second-order valence-electron chi connectivity index (χ2n) is 6.15. The van der Waals surface area contributed by atoms with Crippen molar-refractivity contribution in [1.82, 2.24) is 9.47 Å². The van der Waals surface area contributed by atoms with Crippen LogP contribution in [0.3, 0.4) is 0 Å². The lowest BCUT2D eigenvalue weighted by Crippen LogP contribution is -2.24. The predicted molar refractivity (Wildman–Crippen MR) is 81.9 cm³/mol. The molecule has 1 aliphatic heterocycles. The van der Waals surface area contributed by atoms with E-state index in [1.165, 1.54) is 11.1 Å². The monoisotopic (exact) mass is 287 g/mol. The summed E-state index contributed by atoms with van der Waals surface area (Å²) in [6.45, 7) is 6.25. The largest absolute Gasteiger partial charge is 0.480 e. The molecule has 0 bridgehead atoms. The first-order chi connectivity index (χ1) is 9.88. The molecule has 1 aromatic heterocycles. The Morgan fingerprint density at radius 2 is 1.90 bits per heavy atom. The lowest BCUT2D eigenvalue weighted by atomic mass is 10.0. The van der Waals surface area contributed by atoms with Crippen LogP contribution >= 0.6 is 0 Å². The summed E-state index contributed by atoms with van der Waals surface area (Å²) in [7, 11) is 1.93. The SMILES string of the molecule is CC(C)N1Cc2cc3c(C(N)C(=O)O)cn(C)c3cc2C1. The summed E-state index contributed by atoms with van der Waals surface area (Å²) < 4.78 is 1.96. The molecule has 0 spiro atoms. The molecule has 2 aromatic rings.